The van der Waals surface area contributed by atoms with Crippen LogP contribution in [0.5, 0.6) is 0 Å². The van der Waals surface area contributed by atoms with Gasteiger partial charge in [-0.2, -0.15) is 0 Å². The van der Waals surface area contributed by atoms with Gasteiger partial charge >= 0.3 is 0 Å². The summed E-state index contributed by atoms with van der Waals surface area (Å²) in [6, 6.07) is 1.74. The maximum absolute atomic E-state index is 5.82. The van der Waals surface area contributed by atoms with Gasteiger partial charge in [-0.3, -0.25) is 0 Å². The van der Waals surface area contributed by atoms with Crippen molar-refractivity contribution >= 4 is 28.7 Å². The van der Waals surface area contributed by atoms with E-state index in [0.717, 1.165) is 34.2 Å². The van der Waals surface area contributed by atoms with Gasteiger partial charge in [0.15, 0.2) is 5.65 Å². The van der Waals surface area contributed by atoms with Crippen molar-refractivity contribution < 1.29 is 0 Å². The molecule has 3 rings (SSSR count). The van der Waals surface area contributed by atoms with Crippen LogP contribution >= 0.6 is 11.8 Å². The number of rotatable bonds is 4. The number of imidazole rings is 1. The van der Waals surface area contributed by atoms with Crippen molar-refractivity contribution in [3.63, 3.8) is 0 Å². The van der Waals surface area contributed by atoms with Crippen LogP contribution in [0.4, 0.5) is 5.82 Å². The van der Waals surface area contributed by atoms with Gasteiger partial charge in [-0.15, -0.1) is 0 Å². The number of nitrogens with zero attached hydrogens (tertiary/aromatic N) is 5. The third-order valence-corrected chi connectivity index (χ3v) is 3.55. The Morgan fingerprint density at radius 3 is 3.00 bits per heavy atom. The van der Waals surface area contributed by atoms with Gasteiger partial charge < -0.3 is 10.7 Å². The Hall–Kier alpha value is -2.22. The number of nitrogen functional groups attached to an aromatic ring is 1. The average Bonchev–Trinajstić information content (AvgIpc) is 2.88. The number of nitrogens with one attached hydrogen (secondary N) is 1. The van der Waals surface area contributed by atoms with Crippen LogP contribution in [0.15, 0.2) is 28.8 Å². The smallest absolute Gasteiger partial charge is 0.181 e. The quantitative estimate of drug-likeness (QED) is 0.705. The van der Waals surface area contributed by atoms with Gasteiger partial charge in [0.1, 0.15) is 33.5 Å². The first-order valence-electron chi connectivity index (χ1n) is 6.21. The molecule has 8 heteroatoms. The van der Waals surface area contributed by atoms with Crippen molar-refractivity contribution in [2.24, 2.45) is 0 Å². The number of aryl methyl sites for hydroxylation is 1. The highest BCUT2D eigenvalue weighted by Crippen LogP contribution is 2.29. The Morgan fingerprint density at radius 1 is 1.25 bits per heavy atom. The highest BCUT2D eigenvalue weighted by molar-refractivity contribution is 7.99. The van der Waals surface area contributed by atoms with Crippen LogP contribution < -0.4 is 5.73 Å². The number of H-pyrrole nitrogens is 1. The highest BCUT2D eigenvalue weighted by atomic mass is 32.2. The molecular formula is C12H13N7S. The van der Waals surface area contributed by atoms with E-state index in [1.807, 2.05) is 0 Å². The molecule has 3 aromatic heterocycles. The molecule has 3 N–H and O–H groups in total. The predicted molar refractivity (Wildman–Crippen MR) is 76.2 cm³/mol. The van der Waals surface area contributed by atoms with Gasteiger partial charge in [-0.1, -0.05) is 6.92 Å². The van der Waals surface area contributed by atoms with E-state index in [2.05, 4.69) is 36.8 Å². The van der Waals surface area contributed by atoms with E-state index < -0.39 is 0 Å². The Kier molecular flexibility index (Phi) is 3.46. The molecule has 7 nitrogen and oxygen atoms in total. The molecule has 0 bridgehead atoms. The van der Waals surface area contributed by atoms with Gasteiger partial charge in [0.25, 0.3) is 0 Å². The molecule has 0 amide bonds. The first-order valence-corrected chi connectivity index (χ1v) is 7.03. The normalized spacial score (nSPS) is 11.1. The van der Waals surface area contributed by atoms with E-state index >= 15 is 0 Å². The zero-order valence-electron chi connectivity index (χ0n) is 10.9. The van der Waals surface area contributed by atoms with Crippen LogP contribution in [-0.2, 0) is 6.42 Å². The Labute approximate surface area is 119 Å². The predicted octanol–water partition coefficient (Wildman–Crippen LogP) is 1.83. The summed E-state index contributed by atoms with van der Waals surface area (Å²) >= 11 is 1.42. The Morgan fingerprint density at radius 2 is 2.15 bits per heavy atom. The fraction of sp³-hybridized carbons (Fsp3) is 0.250. The number of anilines is 1. The van der Waals surface area contributed by atoms with Crippen LogP contribution in [0.3, 0.4) is 0 Å². The molecule has 20 heavy (non-hydrogen) atoms. The van der Waals surface area contributed by atoms with E-state index in [0.29, 0.717) is 11.5 Å². The first kappa shape index (κ1) is 12.8. The molecule has 102 valence electrons. The molecule has 0 aliphatic heterocycles. The number of aromatic nitrogens is 6. The van der Waals surface area contributed by atoms with Crippen LogP contribution in [0.2, 0.25) is 0 Å². The fourth-order valence-electron chi connectivity index (χ4n) is 1.80. The van der Waals surface area contributed by atoms with Crippen LogP contribution in [0, 0.1) is 0 Å². The van der Waals surface area contributed by atoms with Gasteiger partial charge in [-0.05, 0) is 18.2 Å². The molecule has 0 aromatic carbocycles. The number of aromatic amines is 1. The second-order valence-corrected chi connectivity index (χ2v) is 5.19. The number of hydrogen-bond donors (Lipinski definition) is 2. The third kappa shape index (κ3) is 2.55. The largest absolute Gasteiger partial charge is 0.384 e. The molecule has 0 atom stereocenters. The van der Waals surface area contributed by atoms with Crippen molar-refractivity contribution in [3.8, 4) is 0 Å². The summed E-state index contributed by atoms with van der Waals surface area (Å²) in [6.45, 7) is 2.08. The van der Waals surface area contributed by atoms with Crippen LogP contribution in [0.25, 0.3) is 11.2 Å². The van der Waals surface area contributed by atoms with Gasteiger partial charge in [0, 0.05) is 12.5 Å². The molecule has 0 radical (unpaired) electrons. The standard InChI is InChI=1S/C12H13N7S/c1-2-3-8-18-7(13)4-9(19-8)20-12-10-11(15-5-14-10)16-6-17-12/h4-6H,2-3H2,1H3,(H2,13,18,19)(H,14,15,16,17). The molecule has 0 saturated carbocycles. The number of hydrogen-bond acceptors (Lipinski definition) is 7. The average molecular weight is 287 g/mol. The van der Waals surface area contributed by atoms with E-state index in [1.165, 1.54) is 18.1 Å². The minimum absolute atomic E-state index is 0.473. The lowest BCUT2D eigenvalue weighted by Gasteiger charge is -2.04. The number of fused-ring (bicyclic) bond motifs is 1. The molecule has 0 spiro atoms. The van der Waals surface area contributed by atoms with E-state index in [1.54, 1.807) is 12.4 Å². The summed E-state index contributed by atoms with van der Waals surface area (Å²) in [4.78, 5) is 24.2. The molecule has 3 aromatic rings. The summed E-state index contributed by atoms with van der Waals surface area (Å²) < 4.78 is 0. The summed E-state index contributed by atoms with van der Waals surface area (Å²) in [5.74, 6) is 1.23. The minimum Gasteiger partial charge on any atom is -0.384 e. The summed E-state index contributed by atoms with van der Waals surface area (Å²) in [6.07, 6.45) is 4.87. The second-order valence-electron chi connectivity index (χ2n) is 4.18. The molecular weight excluding hydrogens is 274 g/mol. The first-order chi connectivity index (χ1) is 9.76. The van der Waals surface area contributed by atoms with Crippen molar-refractivity contribution in [2.75, 3.05) is 5.73 Å². The zero-order valence-corrected chi connectivity index (χ0v) is 11.7. The van der Waals surface area contributed by atoms with Gasteiger partial charge in [0.05, 0.1) is 6.33 Å². The Bertz CT molecular complexity index is 740. The fourth-order valence-corrected chi connectivity index (χ4v) is 2.68. The molecule has 0 fully saturated rings. The van der Waals surface area contributed by atoms with Crippen LogP contribution in [0.1, 0.15) is 19.2 Å². The molecule has 0 unspecified atom stereocenters. The van der Waals surface area contributed by atoms with E-state index in [9.17, 15) is 0 Å². The molecule has 0 aliphatic carbocycles. The maximum atomic E-state index is 5.82. The van der Waals surface area contributed by atoms with Crippen LogP contribution in [-0.4, -0.2) is 29.9 Å². The summed E-state index contributed by atoms with van der Waals surface area (Å²) in [7, 11) is 0. The van der Waals surface area contributed by atoms with Gasteiger partial charge in [-0.25, -0.2) is 24.9 Å². The van der Waals surface area contributed by atoms with Crippen molar-refractivity contribution in [1.29, 1.82) is 0 Å². The highest BCUT2D eigenvalue weighted by Gasteiger charge is 2.10. The lowest BCUT2D eigenvalue weighted by atomic mass is 10.3. The molecule has 3 heterocycles. The van der Waals surface area contributed by atoms with E-state index in [4.69, 9.17) is 5.73 Å². The minimum atomic E-state index is 0.473. The lowest BCUT2D eigenvalue weighted by molar-refractivity contribution is 0.813. The van der Waals surface area contributed by atoms with Crippen molar-refractivity contribution in [3.05, 3.63) is 24.5 Å². The summed E-state index contributed by atoms with van der Waals surface area (Å²) in [5, 5.41) is 1.54. The monoisotopic (exact) mass is 287 g/mol. The third-order valence-electron chi connectivity index (χ3n) is 2.63. The van der Waals surface area contributed by atoms with E-state index in [-0.39, 0.29) is 0 Å². The van der Waals surface area contributed by atoms with Gasteiger partial charge in [0.2, 0.25) is 0 Å². The topological polar surface area (TPSA) is 106 Å². The SMILES string of the molecule is CCCc1nc(N)cc(Sc2ncnc3nc[nH]c23)n1. The number of nitrogens with two attached hydrogens (primary N) is 1. The lowest BCUT2D eigenvalue weighted by Crippen LogP contribution is -2.00. The van der Waals surface area contributed by atoms with Crippen molar-refractivity contribution in [2.45, 2.75) is 29.8 Å². The molecule has 0 aliphatic rings. The van der Waals surface area contributed by atoms with Crippen molar-refractivity contribution in [1.82, 2.24) is 29.9 Å². The zero-order chi connectivity index (χ0) is 13.9. The summed E-state index contributed by atoms with van der Waals surface area (Å²) in [5.41, 5.74) is 7.25. The Balaban J connectivity index is 1.96. The maximum Gasteiger partial charge on any atom is 0.181 e. The second kappa shape index (κ2) is 5.41. The molecule has 0 saturated heterocycles.